The van der Waals surface area contributed by atoms with Gasteiger partial charge >= 0.3 is 0 Å². The van der Waals surface area contributed by atoms with Crippen molar-refractivity contribution in [3.63, 3.8) is 0 Å². The Morgan fingerprint density at radius 1 is 1.14 bits per heavy atom. The van der Waals surface area contributed by atoms with Crippen LogP contribution in [0.25, 0.3) is 0 Å². The first-order chi connectivity index (χ1) is 13.3. The molecule has 0 saturated heterocycles. The Morgan fingerprint density at radius 3 is 2.57 bits per heavy atom. The molecule has 0 saturated carbocycles. The SMILES string of the molecule is COc1ccc(OC)c(NC(=O)CC(C)=NNC(=O)c2cc(Cl)ccc2O)c1. The Bertz CT molecular complexity index is 914. The maximum atomic E-state index is 12.2. The van der Waals surface area contributed by atoms with Crippen LogP contribution >= 0.6 is 11.6 Å². The molecule has 9 heteroatoms. The third-order valence-electron chi connectivity index (χ3n) is 3.65. The van der Waals surface area contributed by atoms with Gasteiger partial charge in [-0.25, -0.2) is 5.43 Å². The smallest absolute Gasteiger partial charge is 0.275 e. The number of carbonyl (C=O) groups excluding carboxylic acids is 2. The molecule has 8 nitrogen and oxygen atoms in total. The highest BCUT2D eigenvalue weighted by molar-refractivity contribution is 6.31. The van der Waals surface area contributed by atoms with Gasteiger partial charge < -0.3 is 19.9 Å². The Labute approximate surface area is 167 Å². The predicted molar refractivity (Wildman–Crippen MR) is 106 cm³/mol. The molecule has 0 unspecified atom stereocenters. The van der Waals surface area contributed by atoms with Gasteiger partial charge in [0, 0.05) is 16.8 Å². The van der Waals surface area contributed by atoms with E-state index in [4.69, 9.17) is 21.1 Å². The van der Waals surface area contributed by atoms with Crippen LogP contribution in [0.1, 0.15) is 23.7 Å². The first-order valence-electron chi connectivity index (χ1n) is 8.18. The van der Waals surface area contributed by atoms with Gasteiger partial charge in [-0.15, -0.1) is 0 Å². The molecule has 0 aliphatic heterocycles. The van der Waals surface area contributed by atoms with Crippen LogP contribution in [0.4, 0.5) is 5.69 Å². The predicted octanol–water partition coefficient (Wildman–Crippen LogP) is 3.20. The van der Waals surface area contributed by atoms with Crippen molar-refractivity contribution in [2.24, 2.45) is 5.10 Å². The zero-order chi connectivity index (χ0) is 20.7. The van der Waals surface area contributed by atoms with Crippen LogP contribution < -0.4 is 20.2 Å². The summed E-state index contributed by atoms with van der Waals surface area (Å²) in [6.45, 7) is 1.58. The van der Waals surface area contributed by atoms with Crippen LogP contribution in [0.2, 0.25) is 5.02 Å². The summed E-state index contributed by atoms with van der Waals surface area (Å²) in [4.78, 5) is 24.3. The lowest BCUT2D eigenvalue weighted by atomic mass is 10.2. The summed E-state index contributed by atoms with van der Waals surface area (Å²) in [5.74, 6) is -0.178. The van der Waals surface area contributed by atoms with Gasteiger partial charge in [-0.1, -0.05) is 11.6 Å². The van der Waals surface area contributed by atoms with E-state index >= 15 is 0 Å². The van der Waals surface area contributed by atoms with Gasteiger partial charge in [0.1, 0.15) is 17.2 Å². The fourth-order valence-electron chi connectivity index (χ4n) is 2.27. The number of benzene rings is 2. The van der Waals surface area contributed by atoms with Crippen LogP contribution in [0.3, 0.4) is 0 Å². The van der Waals surface area contributed by atoms with Gasteiger partial charge in [0.25, 0.3) is 5.91 Å². The molecular formula is C19H20ClN3O5. The van der Waals surface area contributed by atoms with E-state index in [-0.39, 0.29) is 23.6 Å². The summed E-state index contributed by atoms with van der Waals surface area (Å²) in [5, 5.41) is 16.6. The molecule has 28 heavy (non-hydrogen) atoms. The Balaban J connectivity index is 2.00. The van der Waals surface area contributed by atoms with Crippen molar-refractivity contribution in [2.75, 3.05) is 19.5 Å². The monoisotopic (exact) mass is 405 g/mol. The van der Waals surface area contributed by atoms with Crippen molar-refractivity contribution in [3.8, 4) is 17.2 Å². The van der Waals surface area contributed by atoms with Crippen LogP contribution in [0, 0.1) is 0 Å². The normalized spacial score (nSPS) is 10.9. The van der Waals surface area contributed by atoms with Crippen LogP contribution in [-0.4, -0.2) is 36.9 Å². The number of rotatable bonds is 7. The minimum Gasteiger partial charge on any atom is -0.507 e. The summed E-state index contributed by atoms with van der Waals surface area (Å²) < 4.78 is 10.3. The second kappa shape index (κ2) is 9.61. The zero-order valence-corrected chi connectivity index (χ0v) is 16.3. The molecule has 0 spiro atoms. The summed E-state index contributed by atoms with van der Waals surface area (Å²) in [6.07, 6.45) is -0.0673. The van der Waals surface area contributed by atoms with Crippen molar-refractivity contribution >= 4 is 34.8 Å². The second-order valence-corrected chi connectivity index (χ2v) is 6.18. The fraction of sp³-hybridized carbons (Fsp3) is 0.211. The van der Waals surface area contributed by atoms with Crippen LogP contribution in [0.15, 0.2) is 41.5 Å². The number of hydrogen-bond donors (Lipinski definition) is 3. The molecule has 2 aromatic carbocycles. The van der Waals surface area contributed by atoms with Gasteiger partial charge in [0.05, 0.1) is 31.9 Å². The highest BCUT2D eigenvalue weighted by atomic mass is 35.5. The summed E-state index contributed by atoms with van der Waals surface area (Å²) in [6, 6.07) is 9.10. The molecule has 2 aromatic rings. The highest BCUT2D eigenvalue weighted by Gasteiger charge is 2.13. The number of phenolic OH excluding ortho intramolecular Hbond substituents is 1. The summed E-state index contributed by atoms with van der Waals surface area (Å²) in [7, 11) is 3.01. The van der Waals surface area contributed by atoms with E-state index in [1.807, 2.05) is 0 Å². The average molecular weight is 406 g/mol. The van der Waals surface area contributed by atoms with E-state index in [1.165, 1.54) is 32.4 Å². The van der Waals surface area contributed by atoms with Gasteiger partial charge in [0.2, 0.25) is 5.91 Å². The zero-order valence-electron chi connectivity index (χ0n) is 15.6. The summed E-state index contributed by atoms with van der Waals surface area (Å²) in [5.41, 5.74) is 3.07. The minimum atomic E-state index is -0.644. The van der Waals surface area contributed by atoms with E-state index in [9.17, 15) is 14.7 Å². The summed E-state index contributed by atoms with van der Waals surface area (Å²) >= 11 is 5.82. The van der Waals surface area contributed by atoms with E-state index in [0.29, 0.717) is 27.9 Å². The Kier molecular flexibility index (Phi) is 7.22. The molecular weight excluding hydrogens is 386 g/mol. The molecule has 148 valence electrons. The van der Waals surface area contributed by atoms with Gasteiger partial charge in [-0.05, 0) is 37.3 Å². The number of ether oxygens (including phenoxy) is 2. The molecule has 2 amide bonds. The number of anilines is 1. The van der Waals surface area contributed by atoms with Crippen LogP contribution in [-0.2, 0) is 4.79 Å². The fourth-order valence-corrected chi connectivity index (χ4v) is 2.45. The number of aromatic hydroxyl groups is 1. The Hall–Kier alpha value is -3.26. The van der Waals surface area contributed by atoms with E-state index in [0.717, 1.165) is 0 Å². The molecule has 2 rings (SSSR count). The maximum absolute atomic E-state index is 12.2. The number of carbonyl (C=O) groups is 2. The lowest BCUT2D eigenvalue weighted by Gasteiger charge is -2.11. The van der Waals surface area contributed by atoms with Crippen molar-refractivity contribution < 1.29 is 24.2 Å². The number of phenols is 1. The third-order valence-corrected chi connectivity index (χ3v) is 3.88. The number of hydrazone groups is 1. The Morgan fingerprint density at radius 2 is 1.89 bits per heavy atom. The third kappa shape index (κ3) is 5.62. The number of halogens is 1. The average Bonchev–Trinajstić information content (AvgIpc) is 2.67. The molecule has 0 aliphatic rings. The number of nitrogens with zero attached hydrogens (tertiary/aromatic N) is 1. The van der Waals surface area contributed by atoms with Gasteiger partial charge in [-0.3, -0.25) is 9.59 Å². The van der Waals surface area contributed by atoms with Crippen molar-refractivity contribution in [3.05, 3.63) is 47.0 Å². The molecule has 0 bridgehead atoms. The van der Waals surface area contributed by atoms with Crippen molar-refractivity contribution in [1.29, 1.82) is 0 Å². The molecule has 0 fully saturated rings. The van der Waals surface area contributed by atoms with Gasteiger partial charge in [-0.2, -0.15) is 5.10 Å². The number of nitrogens with one attached hydrogen (secondary N) is 2. The quantitative estimate of drug-likeness (QED) is 0.484. The first kappa shape index (κ1) is 21.0. The molecule has 0 aliphatic carbocycles. The standard InChI is InChI=1S/C19H20ClN3O5/c1-11(22-23-19(26)14-9-12(20)4-6-16(14)24)8-18(25)21-15-10-13(27-2)5-7-17(15)28-3/h4-7,9-10,24H,8H2,1-3H3,(H,21,25)(H,23,26). The molecule has 0 radical (unpaired) electrons. The minimum absolute atomic E-state index is 0.0189. The van der Waals surface area contributed by atoms with E-state index in [2.05, 4.69) is 15.8 Å². The largest absolute Gasteiger partial charge is 0.507 e. The molecule has 3 N–H and O–H groups in total. The van der Waals surface area contributed by atoms with Gasteiger partial charge in [0.15, 0.2) is 0 Å². The number of methoxy groups -OCH3 is 2. The maximum Gasteiger partial charge on any atom is 0.275 e. The molecule has 0 atom stereocenters. The van der Waals surface area contributed by atoms with Crippen molar-refractivity contribution in [1.82, 2.24) is 5.43 Å². The topological polar surface area (TPSA) is 109 Å². The lowest BCUT2D eigenvalue weighted by molar-refractivity contribution is -0.115. The first-order valence-corrected chi connectivity index (χ1v) is 8.55. The highest BCUT2D eigenvalue weighted by Crippen LogP contribution is 2.29. The van der Waals surface area contributed by atoms with Crippen LogP contribution in [0.5, 0.6) is 17.2 Å². The lowest BCUT2D eigenvalue weighted by Crippen LogP contribution is -2.21. The molecule has 0 heterocycles. The molecule has 0 aromatic heterocycles. The number of amides is 2. The second-order valence-electron chi connectivity index (χ2n) is 5.74. The van der Waals surface area contributed by atoms with Crippen molar-refractivity contribution in [2.45, 2.75) is 13.3 Å². The van der Waals surface area contributed by atoms with E-state index in [1.54, 1.807) is 25.1 Å². The van der Waals surface area contributed by atoms with E-state index < -0.39 is 5.91 Å². The number of hydrogen-bond acceptors (Lipinski definition) is 6.